The standard InChI is InChI=1S/C24H25BrFN5O2/c1-30-6-5-14-9-31(11-20(14)30)10-15-12-32-21-8-19-16(7-22(21)33-15)24(28-13-27-19)29-18-4-2-3-17(25)23(18)26/h2-4,7-8,13-15,20H,5-6,9-12H2,1H3,(H,27,28,29)/t14?,15-,20?/m0/s1. The number of rotatable bonds is 4. The fraction of sp³-hybridized carbons (Fsp3) is 0.417. The number of hydrogen-bond acceptors (Lipinski definition) is 7. The van der Waals surface area contributed by atoms with Gasteiger partial charge in [-0.05, 0) is 60.1 Å². The zero-order valence-electron chi connectivity index (χ0n) is 18.3. The van der Waals surface area contributed by atoms with Crippen molar-refractivity contribution in [2.45, 2.75) is 18.6 Å². The monoisotopic (exact) mass is 513 g/mol. The van der Waals surface area contributed by atoms with Gasteiger partial charge in [-0.2, -0.15) is 0 Å². The number of aromatic nitrogens is 2. The van der Waals surface area contributed by atoms with Gasteiger partial charge in [0.25, 0.3) is 0 Å². The maximum absolute atomic E-state index is 14.5. The fourth-order valence-corrected chi connectivity index (χ4v) is 5.65. The summed E-state index contributed by atoms with van der Waals surface area (Å²) in [5.74, 6) is 2.25. The smallest absolute Gasteiger partial charge is 0.163 e. The Labute approximate surface area is 200 Å². The molecule has 2 aromatic carbocycles. The maximum atomic E-state index is 14.5. The van der Waals surface area contributed by atoms with Gasteiger partial charge in [0.15, 0.2) is 17.3 Å². The number of likely N-dealkylation sites (tertiary alicyclic amines) is 2. The molecule has 33 heavy (non-hydrogen) atoms. The first-order valence-corrected chi connectivity index (χ1v) is 12.1. The van der Waals surface area contributed by atoms with Crippen molar-refractivity contribution < 1.29 is 13.9 Å². The first-order chi connectivity index (χ1) is 16.0. The first-order valence-electron chi connectivity index (χ1n) is 11.3. The number of fused-ring (bicyclic) bond motifs is 3. The molecule has 3 aliphatic heterocycles. The minimum Gasteiger partial charge on any atom is -0.486 e. The number of ether oxygens (including phenoxy) is 2. The molecule has 9 heteroatoms. The molecule has 3 atom stereocenters. The van der Waals surface area contributed by atoms with Gasteiger partial charge in [-0.1, -0.05) is 6.07 Å². The highest BCUT2D eigenvalue weighted by Crippen LogP contribution is 2.38. The summed E-state index contributed by atoms with van der Waals surface area (Å²) in [6.07, 6.45) is 2.70. The van der Waals surface area contributed by atoms with Crippen molar-refractivity contribution in [3.05, 3.63) is 46.9 Å². The van der Waals surface area contributed by atoms with Crippen LogP contribution in [0.5, 0.6) is 11.5 Å². The summed E-state index contributed by atoms with van der Waals surface area (Å²) in [5, 5.41) is 3.84. The Morgan fingerprint density at radius 3 is 3.00 bits per heavy atom. The van der Waals surface area contributed by atoms with Crippen molar-refractivity contribution in [1.82, 2.24) is 19.8 Å². The van der Waals surface area contributed by atoms with Gasteiger partial charge in [0.05, 0.1) is 15.7 Å². The normalized spacial score (nSPS) is 24.9. The Hall–Kier alpha value is -2.49. The van der Waals surface area contributed by atoms with Crippen LogP contribution in [0.4, 0.5) is 15.9 Å². The second kappa shape index (κ2) is 8.38. The largest absolute Gasteiger partial charge is 0.486 e. The topological polar surface area (TPSA) is 62.8 Å². The molecule has 1 N–H and O–H groups in total. The Bertz CT molecular complexity index is 1210. The number of benzene rings is 2. The summed E-state index contributed by atoms with van der Waals surface area (Å²) >= 11 is 3.23. The van der Waals surface area contributed by atoms with Gasteiger partial charge in [-0.3, -0.25) is 4.90 Å². The molecule has 2 saturated heterocycles. The lowest BCUT2D eigenvalue weighted by Gasteiger charge is -2.30. The molecule has 0 bridgehead atoms. The van der Waals surface area contributed by atoms with Gasteiger partial charge in [-0.15, -0.1) is 0 Å². The zero-order chi connectivity index (χ0) is 22.5. The summed E-state index contributed by atoms with van der Waals surface area (Å²) < 4.78 is 27.3. The zero-order valence-corrected chi connectivity index (χ0v) is 19.9. The van der Waals surface area contributed by atoms with Crippen molar-refractivity contribution in [1.29, 1.82) is 0 Å². The number of anilines is 2. The van der Waals surface area contributed by atoms with Crippen molar-refractivity contribution in [2.24, 2.45) is 5.92 Å². The minimum absolute atomic E-state index is 0.0392. The van der Waals surface area contributed by atoms with E-state index in [1.807, 2.05) is 12.1 Å². The van der Waals surface area contributed by atoms with Gasteiger partial charge in [-0.25, -0.2) is 14.4 Å². The van der Waals surface area contributed by atoms with Crippen LogP contribution in [0.3, 0.4) is 0 Å². The van der Waals surface area contributed by atoms with Gasteiger partial charge in [0.2, 0.25) is 0 Å². The lowest BCUT2D eigenvalue weighted by Crippen LogP contribution is -2.41. The van der Waals surface area contributed by atoms with Gasteiger partial charge < -0.3 is 19.7 Å². The summed E-state index contributed by atoms with van der Waals surface area (Å²) in [6, 6.07) is 9.51. The van der Waals surface area contributed by atoms with Crippen LogP contribution in [0, 0.1) is 11.7 Å². The maximum Gasteiger partial charge on any atom is 0.163 e. The van der Waals surface area contributed by atoms with E-state index in [2.05, 4.69) is 48.1 Å². The highest BCUT2D eigenvalue weighted by atomic mass is 79.9. The molecule has 2 unspecified atom stereocenters. The molecule has 0 spiro atoms. The molecule has 7 nitrogen and oxygen atoms in total. The number of likely N-dealkylation sites (N-methyl/N-ethyl adjacent to an activating group) is 1. The predicted octanol–water partition coefficient (Wildman–Crippen LogP) is 4.05. The van der Waals surface area contributed by atoms with Gasteiger partial charge >= 0.3 is 0 Å². The lowest BCUT2D eigenvalue weighted by atomic mass is 10.1. The summed E-state index contributed by atoms with van der Waals surface area (Å²) in [6.45, 7) is 4.78. The van der Waals surface area contributed by atoms with Crippen LogP contribution >= 0.6 is 15.9 Å². The molecule has 4 heterocycles. The Balaban J connectivity index is 1.23. The number of hydrogen-bond donors (Lipinski definition) is 1. The molecular weight excluding hydrogens is 489 g/mol. The summed E-state index contributed by atoms with van der Waals surface area (Å²) in [7, 11) is 2.23. The molecular formula is C24H25BrFN5O2. The number of halogens is 2. The SMILES string of the molecule is CN1CCC2CN(C[C@H]3COc4cc5ncnc(Nc6cccc(Br)c6F)c5cc4O3)CC21. The van der Waals surface area contributed by atoms with E-state index in [1.165, 1.54) is 19.3 Å². The average Bonchev–Trinajstić information content (AvgIpc) is 3.37. The van der Waals surface area contributed by atoms with Crippen molar-refractivity contribution in [2.75, 3.05) is 45.2 Å². The van der Waals surface area contributed by atoms with E-state index in [-0.39, 0.29) is 11.9 Å². The Morgan fingerprint density at radius 2 is 2.12 bits per heavy atom. The number of nitrogens with one attached hydrogen (secondary N) is 1. The second-order valence-corrected chi connectivity index (χ2v) is 9.99. The van der Waals surface area contributed by atoms with Crippen LogP contribution in [-0.4, -0.2) is 71.7 Å². The summed E-state index contributed by atoms with van der Waals surface area (Å²) in [4.78, 5) is 13.7. The molecule has 0 aliphatic carbocycles. The van der Waals surface area contributed by atoms with Gasteiger partial charge in [0.1, 0.15) is 24.9 Å². The van der Waals surface area contributed by atoms with E-state index < -0.39 is 0 Å². The molecule has 0 amide bonds. The third-order valence-electron chi connectivity index (χ3n) is 6.99. The third-order valence-corrected chi connectivity index (χ3v) is 7.60. The molecule has 6 rings (SSSR count). The van der Waals surface area contributed by atoms with E-state index in [9.17, 15) is 4.39 Å². The third kappa shape index (κ3) is 3.92. The first kappa shape index (κ1) is 21.1. The van der Waals surface area contributed by atoms with Crippen LogP contribution in [0.15, 0.2) is 41.1 Å². The van der Waals surface area contributed by atoms with Crippen molar-refractivity contribution >= 4 is 38.3 Å². The fourth-order valence-electron chi connectivity index (χ4n) is 5.28. The Kier molecular flexibility index (Phi) is 5.35. The molecule has 0 radical (unpaired) electrons. The highest BCUT2D eigenvalue weighted by Gasteiger charge is 2.40. The van der Waals surface area contributed by atoms with Crippen LogP contribution < -0.4 is 14.8 Å². The predicted molar refractivity (Wildman–Crippen MR) is 128 cm³/mol. The highest BCUT2D eigenvalue weighted by molar-refractivity contribution is 9.10. The van der Waals surface area contributed by atoms with E-state index in [0.29, 0.717) is 45.6 Å². The molecule has 3 aromatic rings. The van der Waals surface area contributed by atoms with E-state index in [0.717, 1.165) is 30.9 Å². The van der Waals surface area contributed by atoms with Crippen LogP contribution in [-0.2, 0) is 0 Å². The lowest BCUT2D eigenvalue weighted by molar-refractivity contribution is 0.0623. The quantitative estimate of drug-likeness (QED) is 0.564. The molecule has 1 aromatic heterocycles. The number of nitrogens with zero attached hydrogens (tertiary/aromatic N) is 4. The van der Waals surface area contributed by atoms with Crippen LogP contribution in [0.25, 0.3) is 10.9 Å². The molecule has 2 fully saturated rings. The van der Waals surface area contributed by atoms with E-state index in [4.69, 9.17) is 9.47 Å². The van der Waals surface area contributed by atoms with Crippen LogP contribution in [0.1, 0.15) is 6.42 Å². The average molecular weight is 514 g/mol. The molecule has 0 saturated carbocycles. The molecule has 3 aliphatic rings. The van der Waals surface area contributed by atoms with Crippen LogP contribution in [0.2, 0.25) is 0 Å². The summed E-state index contributed by atoms with van der Waals surface area (Å²) in [5.41, 5.74) is 1.04. The minimum atomic E-state index is -0.372. The van der Waals surface area contributed by atoms with Crippen molar-refractivity contribution in [3.8, 4) is 11.5 Å². The second-order valence-electron chi connectivity index (χ2n) is 9.13. The van der Waals surface area contributed by atoms with Gasteiger partial charge in [0, 0.05) is 37.1 Å². The van der Waals surface area contributed by atoms with E-state index >= 15 is 0 Å². The van der Waals surface area contributed by atoms with E-state index in [1.54, 1.807) is 18.2 Å². The molecule has 172 valence electrons. The van der Waals surface area contributed by atoms with Crippen molar-refractivity contribution in [3.63, 3.8) is 0 Å². The Morgan fingerprint density at radius 1 is 1.21 bits per heavy atom.